The maximum absolute atomic E-state index is 5.50. The fraction of sp³-hybridized carbons (Fsp3) is 1.00. The molecule has 4 nitrogen and oxygen atoms in total. The zero-order chi connectivity index (χ0) is 6.24. The lowest BCUT2D eigenvalue weighted by Gasteiger charge is -1.76. The van der Waals surface area contributed by atoms with Gasteiger partial charge in [-0.3, -0.25) is 0 Å². The molecule has 1 fully saturated rings. The molecular weight excluding hydrogens is 106 g/mol. The third kappa shape index (κ3) is 5.27. The molecule has 1 saturated heterocycles. The SMILES string of the molecule is C1CCOC1.N=[N+]=N. The maximum Gasteiger partial charge on any atom is 0.211 e. The van der Waals surface area contributed by atoms with Crippen LogP contribution in [0.15, 0.2) is 0 Å². The van der Waals surface area contributed by atoms with Gasteiger partial charge in [-0.05, 0) is 12.8 Å². The third-order valence-corrected chi connectivity index (χ3v) is 0.827. The van der Waals surface area contributed by atoms with Gasteiger partial charge in [0.15, 0.2) is 0 Å². The molecule has 0 radical (unpaired) electrons. The summed E-state index contributed by atoms with van der Waals surface area (Å²) >= 11 is 0. The molecule has 1 heterocycles. The van der Waals surface area contributed by atoms with E-state index in [-0.39, 0.29) is 0 Å². The van der Waals surface area contributed by atoms with Gasteiger partial charge < -0.3 is 4.74 Å². The molecule has 1 aliphatic heterocycles. The first kappa shape index (κ1) is 7.27. The van der Waals surface area contributed by atoms with Gasteiger partial charge in [0, 0.05) is 13.2 Å². The average Bonchev–Trinajstić information content (AvgIpc) is 2.17. The fourth-order valence-electron chi connectivity index (χ4n) is 0.510. The van der Waals surface area contributed by atoms with Crippen molar-refractivity contribution in [1.29, 1.82) is 11.1 Å². The van der Waals surface area contributed by atoms with Gasteiger partial charge >= 0.3 is 0 Å². The molecule has 0 saturated carbocycles. The highest BCUT2D eigenvalue weighted by atomic mass is 16.5. The van der Waals surface area contributed by atoms with Crippen LogP contribution in [0, 0.1) is 11.1 Å². The predicted molar refractivity (Wildman–Crippen MR) is 27.6 cm³/mol. The number of rotatable bonds is 0. The number of hydrogen-bond acceptors (Lipinski definition) is 3. The molecule has 0 aliphatic carbocycles. The second-order valence-corrected chi connectivity index (χ2v) is 1.43. The van der Waals surface area contributed by atoms with Crippen molar-refractivity contribution >= 4 is 0 Å². The molecule has 0 aromatic carbocycles. The minimum absolute atomic E-state index is 1.00. The van der Waals surface area contributed by atoms with Crippen LogP contribution < -0.4 is 4.91 Å². The van der Waals surface area contributed by atoms with Crippen molar-refractivity contribution in [1.82, 2.24) is 4.91 Å². The predicted octanol–water partition coefficient (Wildman–Crippen LogP) is 0.912. The molecule has 1 aliphatic rings. The normalized spacial score (nSPS) is 16.0. The highest BCUT2D eigenvalue weighted by Crippen LogP contribution is 1.98. The first-order chi connectivity index (χ1) is 3.91. The van der Waals surface area contributed by atoms with E-state index in [1.54, 1.807) is 0 Å². The van der Waals surface area contributed by atoms with E-state index in [1.807, 2.05) is 4.91 Å². The Bertz CT molecular complexity index is 65.7. The number of nitrogens with zero attached hydrogens (tertiary/aromatic N) is 1. The molecule has 0 atom stereocenters. The van der Waals surface area contributed by atoms with Gasteiger partial charge in [0.05, 0.1) is 0 Å². The van der Waals surface area contributed by atoms with Crippen LogP contribution in [0.3, 0.4) is 0 Å². The highest BCUT2D eigenvalue weighted by molar-refractivity contribution is 4.43. The molecule has 0 aromatic heterocycles. The van der Waals surface area contributed by atoms with Crippen LogP contribution in [0.2, 0.25) is 0 Å². The second-order valence-electron chi connectivity index (χ2n) is 1.43. The van der Waals surface area contributed by atoms with Crippen molar-refractivity contribution in [3.8, 4) is 0 Å². The van der Waals surface area contributed by atoms with Crippen molar-refractivity contribution < 1.29 is 4.74 Å². The van der Waals surface area contributed by atoms with Gasteiger partial charge in [-0.1, -0.05) is 0 Å². The third-order valence-electron chi connectivity index (χ3n) is 0.827. The molecule has 2 N–H and O–H groups in total. The summed E-state index contributed by atoms with van der Waals surface area (Å²) in [6.45, 7) is 2.00. The summed E-state index contributed by atoms with van der Waals surface area (Å²) in [5.74, 6) is 0. The molecule has 46 valence electrons. The standard InChI is InChI=1S/C4H8O.H2N3/c1-2-4-5-3-1;1-3-2/h1-4H2;1-2H/q;+1. The Kier molecular flexibility index (Phi) is 5.70. The van der Waals surface area contributed by atoms with Gasteiger partial charge in [0.25, 0.3) is 0 Å². The van der Waals surface area contributed by atoms with E-state index in [4.69, 9.17) is 15.8 Å². The van der Waals surface area contributed by atoms with Crippen LogP contribution in [-0.4, -0.2) is 13.2 Å². The van der Waals surface area contributed by atoms with E-state index in [0.717, 1.165) is 13.2 Å². The lowest BCUT2D eigenvalue weighted by molar-refractivity contribution is 0.198. The second kappa shape index (κ2) is 6.27. The van der Waals surface area contributed by atoms with E-state index in [2.05, 4.69) is 0 Å². The van der Waals surface area contributed by atoms with E-state index in [1.165, 1.54) is 12.8 Å². The van der Waals surface area contributed by atoms with Crippen molar-refractivity contribution in [2.24, 2.45) is 0 Å². The highest BCUT2D eigenvalue weighted by Gasteiger charge is 1.94. The van der Waals surface area contributed by atoms with Gasteiger partial charge in [-0.15, -0.1) is 0 Å². The minimum Gasteiger partial charge on any atom is -0.381 e. The van der Waals surface area contributed by atoms with Crippen molar-refractivity contribution in [2.45, 2.75) is 12.8 Å². The molecule has 0 amide bonds. The molecule has 0 spiro atoms. The Labute approximate surface area is 47.9 Å². The minimum atomic E-state index is 1.00. The summed E-state index contributed by atoms with van der Waals surface area (Å²) in [5.41, 5.74) is 11.0. The summed E-state index contributed by atoms with van der Waals surface area (Å²) < 4.78 is 4.94. The van der Waals surface area contributed by atoms with Crippen molar-refractivity contribution in [3.63, 3.8) is 0 Å². The average molecular weight is 116 g/mol. The first-order valence-corrected chi connectivity index (χ1v) is 2.52. The molecule has 8 heavy (non-hydrogen) atoms. The summed E-state index contributed by atoms with van der Waals surface area (Å²) in [7, 11) is 0. The van der Waals surface area contributed by atoms with E-state index in [0.29, 0.717) is 0 Å². The molecule has 4 heteroatoms. The van der Waals surface area contributed by atoms with Crippen LogP contribution in [0.4, 0.5) is 0 Å². The topological polar surface area (TPSA) is 71.0 Å². The smallest absolute Gasteiger partial charge is 0.211 e. The van der Waals surface area contributed by atoms with Crippen LogP contribution in [0.5, 0.6) is 0 Å². The molecular formula is C4H10N3O+. The Balaban J connectivity index is 0.000000145. The van der Waals surface area contributed by atoms with E-state index >= 15 is 0 Å². The number of ether oxygens (including phenoxy) is 1. The van der Waals surface area contributed by atoms with Crippen LogP contribution >= 0.6 is 0 Å². The number of nitrogens with one attached hydrogen (secondary N) is 2. The monoisotopic (exact) mass is 116 g/mol. The van der Waals surface area contributed by atoms with E-state index < -0.39 is 0 Å². The van der Waals surface area contributed by atoms with Gasteiger partial charge in [0.1, 0.15) is 11.1 Å². The molecule has 1 rings (SSSR count). The van der Waals surface area contributed by atoms with Crippen LogP contribution in [0.25, 0.3) is 0 Å². The molecule has 0 unspecified atom stereocenters. The van der Waals surface area contributed by atoms with Gasteiger partial charge in [0.2, 0.25) is 4.91 Å². The zero-order valence-electron chi connectivity index (χ0n) is 4.68. The zero-order valence-corrected chi connectivity index (χ0v) is 4.68. The Hall–Kier alpha value is -0.730. The van der Waals surface area contributed by atoms with Gasteiger partial charge in [-0.25, -0.2) is 0 Å². The van der Waals surface area contributed by atoms with Crippen molar-refractivity contribution in [2.75, 3.05) is 13.2 Å². The molecule has 0 bridgehead atoms. The first-order valence-electron chi connectivity index (χ1n) is 2.52. The van der Waals surface area contributed by atoms with Gasteiger partial charge in [-0.2, -0.15) is 0 Å². The summed E-state index contributed by atoms with van der Waals surface area (Å²) in [6, 6.07) is 0. The summed E-state index contributed by atoms with van der Waals surface area (Å²) in [6.07, 6.45) is 2.56. The summed E-state index contributed by atoms with van der Waals surface area (Å²) in [5, 5.41) is 0. The maximum atomic E-state index is 5.50. The lowest BCUT2D eigenvalue weighted by atomic mass is 10.4. The Morgan fingerprint density at radius 3 is 1.62 bits per heavy atom. The fourth-order valence-corrected chi connectivity index (χ4v) is 0.510. The molecule has 0 aromatic rings. The Morgan fingerprint density at radius 1 is 1.12 bits per heavy atom. The van der Waals surface area contributed by atoms with Crippen molar-refractivity contribution in [3.05, 3.63) is 0 Å². The Morgan fingerprint density at radius 2 is 1.50 bits per heavy atom. The largest absolute Gasteiger partial charge is 0.381 e. The van der Waals surface area contributed by atoms with Crippen LogP contribution in [0.1, 0.15) is 12.8 Å². The van der Waals surface area contributed by atoms with Crippen LogP contribution in [-0.2, 0) is 4.74 Å². The summed E-state index contributed by atoms with van der Waals surface area (Å²) in [4.78, 5) is 2.00. The quantitative estimate of drug-likeness (QED) is 0.358. The lowest BCUT2D eigenvalue weighted by Crippen LogP contribution is -1.74. The van der Waals surface area contributed by atoms with E-state index in [9.17, 15) is 0 Å². The number of hydrogen-bond donors (Lipinski definition) is 2.